The highest BCUT2D eigenvalue weighted by Crippen LogP contribution is 2.24. The first-order chi connectivity index (χ1) is 7.88. The van der Waals surface area contributed by atoms with E-state index >= 15 is 0 Å². The first kappa shape index (κ1) is 11.8. The van der Waals surface area contributed by atoms with Crippen LogP contribution in [0.1, 0.15) is 45.2 Å². The molecule has 1 atom stereocenters. The Balaban J connectivity index is 2.21. The summed E-state index contributed by atoms with van der Waals surface area (Å²) in [4.78, 5) is 22.7. The van der Waals surface area contributed by atoms with Gasteiger partial charge in [-0.05, 0) is 27.2 Å². The van der Waals surface area contributed by atoms with Crippen LogP contribution in [0.4, 0.5) is 0 Å². The number of piperidine rings is 1. The summed E-state index contributed by atoms with van der Waals surface area (Å²) in [6, 6.07) is 0. The smallest absolute Gasteiger partial charge is 0.235 e. The monoisotopic (exact) mass is 236 g/mol. The van der Waals surface area contributed by atoms with Crippen LogP contribution in [0, 0.1) is 0 Å². The van der Waals surface area contributed by atoms with E-state index in [1.165, 1.54) is 0 Å². The molecule has 1 saturated heterocycles. The summed E-state index contributed by atoms with van der Waals surface area (Å²) in [5.41, 5.74) is 0.469. The number of carbonyl (C=O) groups excluding carboxylic acids is 2. The Morgan fingerprint density at radius 1 is 1.41 bits per heavy atom. The lowest BCUT2D eigenvalue weighted by molar-refractivity contribution is -0.134. The summed E-state index contributed by atoms with van der Waals surface area (Å²) >= 11 is 0. The molecule has 92 valence electrons. The van der Waals surface area contributed by atoms with Crippen molar-refractivity contribution >= 4 is 11.8 Å². The second-order valence-electron chi connectivity index (χ2n) is 5.26. The molecule has 0 saturated carbocycles. The minimum absolute atomic E-state index is 0.161. The molecule has 2 amide bonds. The molecule has 2 rings (SSSR count). The SMILES string of the molecule is CC(C)(C)n1cc(C2CCC(=O)NC2=O)nn1. The van der Waals surface area contributed by atoms with E-state index in [-0.39, 0.29) is 23.3 Å². The molecule has 0 bridgehead atoms. The van der Waals surface area contributed by atoms with Gasteiger partial charge in [-0.1, -0.05) is 5.21 Å². The largest absolute Gasteiger partial charge is 0.296 e. The molecule has 1 unspecified atom stereocenters. The molecule has 2 heterocycles. The molecule has 1 aliphatic heterocycles. The quantitative estimate of drug-likeness (QED) is 0.722. The van der Waals surface area contributed by atoms with Crippen molar-refractivity contribution in [2.75, 3.05) is 0 Å². The standard InChI is InChI=1S/C11H16N4O2/c1-11(2,3)15-6-8(13-14-15)7-4-5-9(16)12-10(7)17/h6-7H,4-5H2,1-3H3,(H,12,16,17). The van der Waals surface area contributed by atoms with Gasteiger partial charge in [0.05, 0.1) is 17.2 Å². The van der Waals surface area contributed by atoms with Gasteiger partial charge >= 0.3 is 0 Å². The van der Waals surface area contributed by atoms with Crippen LogP contribution < -0.4 is 5.32 Å². The molecule has 0 radical (unpaired) electrons. The number of imide groups is 1. The number of hydrogen-bond donors (Lipinski definition) is 1. The zero-order chi connectivity index (χ0) is 12.6. The van der Waals surface area contributed by atoms with Crippen LogP contribution in [0.2, 0.25) is 0 Å². The Morgan fingerprint density at radius 2 is 2.12 bits per heavy atom. The van der Waals surface area contributed by atoms with Gasteiger partial charge in [-0.25, -0.2) is 4.68 Å². The van der Waals surface area contributed by atoms with Gasteiger partial charge in [-0.2, -0.15) is 0 Å². The summed E-state index contributed by atoms with van der Waals surface area (Å²) < 4.78 is 1.73. The Hall–Kier alpha value is -1.72. The first-order valence-electron chi connectivity index (χ1n) is 5.64. The number of rotatable bonds is 1. The molecule has 1 fully saturated rings. The number of aromatic nitrogens is 3. The maximum absolute atomic E-state index is 11.7. The Bertz CT molecular complexity index is 458. The minimum atomic E-state index is -0.358. The van der Waals surface area contributed by atoms with Crippen molar-refractivity contribution < 1.29 is 9.59 Å². The number of nitrogens with zero attached hydrogens (tertiary/aromatic N) is 3. The minimum Gasteiger partial charge on any atom is -0.296 e. The average molecular weight is 236 g/mol. The fourth-order valence-corrected chi connectivity index (χ4v) is 1.74. The van der Waals surface area contributed by atoms with Crippen LogP contribution in [0.5, 0.6) is 0 Å². The van der Waals surface area contributed by atoms with E-state index in [1.807, 2.05) is 20.8 Å². The molecule has 6 nitrogen and oxygen atoms in total. The van der Waals surface area contributed by atoms with Crippen LogP contribution in [0.25, 0.3) is 0 Å². The third-order valence-electron chi connectivity index (χ3n) is 2.79. The number of carbonyl (C=O) groups is 2. The molecule has 1 N–H and O–H groups in total. The lowest BCUT2D eigenvalue weighted by Gasteiger charge is -2.19. The zero-order valence-corrected chi connectivity index (χ0v) is 10.2. The van der Waals surface area contributed by atoms with Crippen molar-refractivity contribution in [3.8, 4) is 0 Å². The normalized spacial score (nSPS) is 21.5. The van der Waals surface area contributed by atoms with Crippen LogP contribution in [0.3, 0.4) is 0 Å². The van der Waals surface area contributed by atoms with Gasteiger partial charge in [0.25, 0.3) is 0 Å². The molecule has 6 heteroatoms. The van der Waals surface area contributed by atoms with Gasteiger partial charge in [0.1, 0.15) is 0 Å². The lowest BCUT2D eigenvalue weighted by atomic mass is 9.95. The van der Waals surface area contributed by atoms with E-state index in [0.717, 1.165) is 0 Å². The maximum atomic E-state index is 11.7. The Morgan fingerprint density at radius 3 is 2.65 bits per heavy atom. The van der Waals surface area contributed by atoms with Gasteiger partial charge in [0.2, 0.25) is 11.8 Å². The third-order valence-corrected chi connectivity index (χ3v) is 2.79. The summed E-state index contributed by atoms with van der Waals surface area (Å²) in [5.74, 6) is -0.847. The topological polar surface area (TPSA) is 76.9 Å². The van der Waals surface area contributed by atoms with Crippen molar-refractivity contribution in [1.29, 1.82) is 0 Å². The molecule has 1 aromatic rings. The van der Waals surface area contributed by atoms with E-state index in [4.69, 9.17) is 0 Å². The summed E-state index contributed by atoms with van der Waals surface area (Å²) in [7, 11) is 0. The summed E-state index contributed by atoms with van der Waals surface area (Å²) in [6.07, 6.45) is 2.65. The lowest BCUT2D eigenvalue weighted by Crippen LogP contribution is -2.39. The van der Waals surface area contributed by atoms with E-state index in [2.05, 4.69) is 15.6 Å². The molecule has 1 aliphatic rings. The molecule has 0 spiro atoms. The maximum Gasteiger partial charge on any atom is 0.235 e. The molecule has 1 aromatic heterocycles. The molecular weight excluding hydrogens is 220 g/mol. The molecular formula is C11H16N4O2. The van der Waals surface area contributed by atoms with Gasteiger partial charge < -0.3 is 0 Å². The average Bonchev–Trinajstić information content (AvgIpc) is 2.65. The molecule has 0 aromatic carbocycles. The van der Waals surface area contributed by atoms with Crippen molar-refractivity contribution in [2.24, 2.45) is 0 Å². The van der Waals surface area contributed by atoms with Crippen LogP contribution in [-0.4, -0.2) is 26.8 Å². The summed E-state index contributed by atoms with van der Waals surface area (Å²) in [6.45, 7) is 6.03. The first-order valence-corrected chi connectivity index (χ1v) is 5.64. The van der Waals surface area contributed by atoms with Crippen molar-refractivity contribution in [3.05, 3.63) is 11.9 Å². The van der Waals surface area contributed by atoms with Gasteiger partial charge in [-0.15, -0.1) is 5.10 Å². The van der Waals surface area contributed by atoms with E-state index in [1.54, 1.807) is 10.9 Å². The summed E-state index contributed by atoms with van der Waals surface area (Å²) in [5, 5.41) is 10.4. The second kappa shape index (κ2) is 3.94. The predicted molar refractivity (Wildman–Crippen MR) is 60.1 cm³/mol. The molecule has 0 aliphatic carbocycles. The number of hydrogen-bond acceptors (Lipinski definition) is 4. The van der Waals surface area contributed by atoms with Gasteiger partial charge in [-0.3, -0.25) is 14.9 Å². The predicted octanol–water partition coefficient (Wildman–Crippen LogP) is 0.553. The van der Waals surface area contributed by atoms with Crippen LogP contribution >= 0.6 is 0 Å². The highest BCUT2D eigenvalue weighted by Gasteiger charge is 2.30. The fourth-order valence-electron chi connectivity index (χ4n) is 1.74. The van der Waals surface area contributed by atoms with Crippen LogP contribution in [0.15, 0.2) is 6.20 Å². The highest BCUT2D eigenvalue weighted by molar-refractivity contribution is 6.00. The van der Waals surface area contributed by atoms with Crippen molar-refractivity contribution in [1.82, 2.24) is 20.3 Å². The highest BCUT2D eigenvalue weighted by atomic mass is 16.2. The fraction of sp³-hybridized carbons (Fsp3) is 0.636. The Labute approximate surface area is 99.4 Å². The van der Waals surface area contributed by atoms with Crippen molar-refractivity contribution in [3.63, 3.8) is 0 Å². The number of amides is 2. The van der Waals surface area contributed by atoms with E-state index < -0.39 is 0 Å². The third kappa shape index (κ3) is 2.35. The molecule has 17 heavy (non-hydrogen) atoms. The zero-order valence-electron chi connectivity index (χ0n) is 10.2. The number of nitrogens with one attached hydrogen (secondary N) is 1. The van der Waals surface area contributed by atoms with Gasteiger partial charge in [0.15, 0.2) is 0 Å². The van der Waals surface area contributed by atoms with E-state index in [9.17, 15) is 9.59 Å². The van der Waals surface area contributed by atoms with E-state index in [0.29, 0.717) is 18.5 Å². The Kier molecular flexibility index (Phi) is 2.73. The second-order valence-corrected chi connectivity index (χ2v) is 5.26. The van der Waals surface area contributed by atoms with Gasteiger partial charge in [0, 0.05) is 12.6 Å². The van der Waals surface area contributed by atoms with Crippen LogP contribution in [-0.2, 0) is 15.1 Å². The van der Waals surface area contributed by atoms with Crippen molar-refractivity contribution in [2.45, 2.75) is 45.1 Å².